The molecule has 0 aliphatic rings. The van der Waals surface area contributed by atoms with Crippen LogP contribution in [0.3, 0.4) is 0 Å². The third kappa shape index (κ3) is 3.73. The first-order valence-electron chi connectivity index (χ1n) is 6.83. The van der Waals surface area contributed by atoms with Crippen LogP contribution in [-0.2, 0) is 0 Å². The molecule has 2 aromatic rings. The second-order valence-corrected chi connectivity index (χ2v) is 4.76. The van der Waals surface area contributed by atoms with Crippen molar-refractivity contribution in [1.29, 1.82) is 0 Å². The first kappa shape index (κ1) is 15.3. The number of halogens is 1. The molecule has 1 aromatic heterocycles. The van der Waals surface area contributed by atoms with Gasteiger partial charge in [0.05, 0.1) is 5.56 Å². The molecule has 21 heavy (non-hydrogen) atoms. The third-order valence-corrected chi connectivity index (χ3v) is 3.44. The van der Waals surface area contributed by atoms with Crippen molar-refractivity contribution in [2.45, 2.75) is 13.8 Å². The van der Waals surface area contributed by atoms with Gasteiger partial charge in [0.2, 0.25) is 0 Å². The van der Waals surface area contributed by atoms with E-state index in [1.54, 1.807) is 18.2 Å². The molecule has 5 heteroatoms. The number of carbonyl (C=O) groups is 1. The van der Waals surface area contributed by atoms with Crippen molar-refractivity contribution in [3.63, 3.8) is 0 Å². The van der Waals surface area contributed by atoms with Crippen LogP contribution in [0.4, 0.5) is 5.69 Å². The molecular formula is C16H17ClN2O2. The van der Waals surface area contributed by atoms with E-state index in [-0.39, 0.29) is 10.7 Å². The molecule has 0 N–H and O–H groups in total. The lowest BCUT2D eigenvalue weighted by Gasteiger charge is -2.21. The lowest BCUT2D eigenvalue weighted by Crippen LogP contribution is -2.21. The van der Waals surface area contributed by atoms with Gasteiger partial charge in [0, 0.05) is 31.0 Å². The molecular weight excluding hydrogens is 288 g/mol. The van der Waals surface area contributed by atoms with E-state index < -0.39 is 5.97 Å². The zero-order valence-electron chi connectivity index (χ0n) is 12.0. The van der Waals surface area contributed by atoms with Gasteiger partial charge in [0.25, 0.3) is 0 Å². The van der Waals surface area contributed by atoms with Crippen LogP contribution in [0.2, 0.25) is 5.15 Å². The van der Waals surface area contributed by atoms with E-state index in [2.05, 4.69) is 23.7 Å². The maximum absolute atomic E-state index is 12.1. The van der Waals surface area contributed by atoms with E-state index in [0.717, 1.165) is 18.8 Å². The van der Waals surface area contributed by atoms with Gasteiger partial charge in [-0.05, 0) is 38.1 Å². The van der Waals surface area contributed by atoms with Crippen molar-refractivity contribution in [2.75, 3.05) is 18.0 Å². The molecule has 4 nitrogen and oxygen atoms in total. The number of aromatic nitrogens is 1. The quantitative estimate of drug-likeness (QED) is 0.479. The number of hydrogen-bond acceptors (Lipinski definition) is 4. The van der Waals surface area contributed by atoms with E-state index in [9.17, 15) is 4.79 Å². The summed E-state index contributed by atoms with van der Waals surface area (Å²) in [6.07, 6.45) is 1.53. The van der Waals surface area contributed by atoms with Gasteiger partial charge >= 0.3 is 5.97 Å². The van der Waals surface area contributed by atoms with Gasteiger partial charge < -0.3 is 9.64 Å². The van der Waals surface area contributed by atoms with E-state index in [1.165, 1.54) is 6.20 Å². The molecule has 0 aliphatic carbocycles. The highest BCUT2D eigenvalue weighted by molar-refractivity contribution is 6.32. The molecule has 2 rings (SSSR count). The molecule has 0 bridgehead atoms. The predicted molar refractivity (Wildman–Crippen MR) is 84.2 cm³/mol. The Morgan fingerprint density at radius 2 is 2.00 bits per heavy atom. The summed E-state index contributed by atoms with van der Waals surface area (Å²) in [4.78, 5) is 18.1. The second kappa shape index (κ2) is 7.09. The average molecular weight is 305 g/mol. The van der Waals surface area contributed by atoms with Gasteiger partial charge in [-0.25, -0.2) is 9.78 Å². The van der Waals surface area contributed by atoms with Crippen LogP contribution in [0, 0.1) is 0 Å². The summed E-state index contributed by atoms with van der Waals surface area (Å²) >= 11 is 5.89. The van der Waals surface area contributed by atoms with Gasteiger partial charge in [0.15, 0.2) is 0 Å². The molecule has 0 atom stereocenters. The number of pyridine rings is 1. The normalized spacial score (nSPS) is 10.2. The van der Waals surface area contributed by atoms with Crippen LogP contribution in [-0.4, -0.2) is 24.0 Å². The highest BCUT2D eigenvalue weighted by Crippen LogP contribution is 2.22. The average Bonchev–Trinajstić information content (AvgIpc) is 2.49. The zero-order valence-corrected chi connectivity index (χ0v) is 12.8. The minimum absolute atomic E-state index is 0.141. The van der Waals surface area contributed by atoms with Crippen LogP contribution in [0.15, 0.2) is 42.6 Å². The van der Waals surface area contributed by atoms with Crippen LogP contribution in [0.5, 0.6) is 5.75 Å². The molecule has 0 spiro atoms. The largest absolute Gasteiger partial charge is 0.423 e. The van der Waals surface area contributed by atoms with E-state index >= 15 is 0 Å². The maximum atomic E-state index is 12.1. The third-order valence-electron chi connectivity index (χ3n) is 3.14. The summed E-state index contributed by atoms with van der Waals surface area (Å²) in [5.74, 6) is -0.0193. The summed E-state index contributed by atoms with van der Waals surface area (Å²) in [7, 11) is 0. The Labute approximate surface area is 129 Å². The number of hydrogen-bond donors (Lipinski definition) is 0. The van der Waals surface area contributed by atoms with Crippen molar-refractivity contribution in [1.82, 2.24) is 4.98 Å². The first-order chi connectivity index (χ1) is 10.2. The van der Waals surface area contributed by atoms with Crippen LogP contribution in [0.1, 0.15) is 24.2 Å². The molecule has 0 radical (unpaired) electrons. The second-order valence-electron chi connectivity index (χ2n) is 4.40. The maximum Gasteiger partial charge on any atom is 0.346 e. The molecule has 1 aromatic carbocycles. The molecule has 1 heterocycles. The Kier molecular flexibility index (Phi) is 5.17. The van der Waals surface area contributed by atoms with Crippen LogP contribution >= 0.6 is 11.6 Å². The fourth-order valence-corrected chi connectivity index (χ4v) is 2.23. The van der Waals surface area contributed by atoms with Crippen molar-refractivity contribution in [2.24, 2.45) is 0 Å². The molecule has 0 amide bonds. The van der Waals surface area contributed by atoms with Crippen LogP contribution in [0.25, 0.3) is 0 Å². The minimum Gasteiger partial charge on any atom is -0.423 e. The van der Waals surface area contributed by atoms with Gasteiger partial charge in [0.1, 0.15) is 10.9 Å². The Morgan fingerprint density at radius 3 is 2.67 bits per heavy atom. The minimum atomic E-state index is -0.509. The SMILES string of the molecule is CCN(CC)c1cccc(OC(=O)c2cccnc2Cl)c1. The Morgan fingerprint density at radius 1 is 1.24 bits per heavy atom. The lowest BCUT2D eigenvalue weighted by atomic mass is 10.2. The summed E-state index contributed by atoms with van der Waals surface area (Å²) in [5.41, 5.74) is 1.27. The first-order valence-corrected chi connectivity index (χ1v) is 7.21. The number of rotatable bonds is 5. The molecule has 0 unspecified atom stereocenters. The predicted octanol–water partition coefficient (Wildman–Crippen LogP) is 3.80. The van der Waals surface area contributed by atoms with Gasteiger partial charge in [-0.1, -0.05) is 17.7 Å². The molecule has 110 valence electrons. The Bertz CT molecular complexity index is 627. The van der Waals surface area contributed by atoms with E-state index in [1.807, 2.05) is 18.2 Å². The fourth-order valence-electron chi connectivity index (χ4n) is 2.03. The highest BCUT2D eigenvalue weighted by Gasteiger charge is 2.13. The number of carbonyl (C=O) groups excluding carboxylic acids is 1. The van der Waals surface area contributed by atoms with E-state index in [4.69, 9.17) is 16.3 Å². The fraction of sp³-hybridized carbons (Fsp3) is 0.250. The summed E-state index contributed by atoms with van der Waals surface area (Å²) in [6.45, 7) is 5.94. The standard InChI is InChI=1S/C16H17ClN2O2/c1-3-19(4-2)12-7-5-8-13(11-12)21-16(20)14-9-6-10-18-15(14)17/h5-11H,3-4H2,1-2H3. The molecule has 0 saturated carbocycles. The van der Waals surface area contributed by atoms with E-state index in [0.29, 0.717) is 5.75 Å². The number of esters is 1. The monoisotopic (exact) mass is 304 g/mol. The summed E-state index contributed by atoms with van der Waals surface area (Å²) in [5, 5.41) is 0.141. The van der Waals surface area contributed by atoms with Crippen molar-refractivity contribution >= 4 is 23.3 Å². The number of ether oxygens (including phenoxy) is 1. The van der Waals surface area contributed by atoms with Crippen LogP contribution < -0.4 is 9.64 Å². The van der Waals surface area contributed by atoms with Crippen molar-refractivity contribution in [3.8, 4) is 5.75 Å². The van der Waals surface area contributed by atoms with Gasteiger partial charge in [-0.3, -0.25) is 0 Å². The molecule has 0 saturated heterocycles. The number of anilines is 1. The van der Waals surface area contributed by atoms with Crippen molar-refractivity contribution in [3.05, 3.63) is 53.3 Å². The lowest BCUT2D eigenvalue weighted by molar-refractivity contribution is 0.0734. The number of nitrogens with zero attached hydrogens (tertiary/aromatic N) is 2. The highest BCUT2D eigenvalue weighted by atomic mass is 35.5. The Balaban J connectivity index is 2.18. The molecule has 0 aliphatic heterocycles. The summed E-state index contributed by atoms with van der Waals surface area (Å²) < 4.78 is 5.37. The topological polar surface area (TPSA) is 42.4 Å². The zero-order chi connectivity index (χ0) is 15.2. The number of benzene rings is 1. The van der Waals surface area contributed by atoms with Gasteiger partial charge in [-0.15, -0.1) is 0 Å². The van der Waals surface area contributed by atoms with Gasteiger partial charge in [-0.2, -0.15) is 0 Å². The molecule has 0 fully saturated rings. The summed E-state index contributed by atoms with van der Waals surface area (Å²) in [6, 6.07) is 10.7. The van der Waals surface area contributed by atoms with Crippen molar-refractivity contribution < 1.29 is 9.53 Å². The Hall–Kier alpha value is -2.07. The smallest absolute Gasteiger partial charge is 0.346 e.